The van der Waals surface area contributed by atoms with Crippen LogP contribution in [-0.4, -0.2) is 16.2 Å². The minimum atomic E-state index is -0.140. The number of rotatable bonds is 7. The third kappa shape index (κ3) is 3.57. The van der Waals surface area contributed by atoms with E-state index >= 15 is 0 Å². The number of para-hydroxylation sites is 2. The number of nitrogens with zero attached hydrogens (tertiary/aromatic N) is 1. The molecule has 0 radical (unpaired) electrons. The fraction of sp³-hybridized carbons (Fsp3) is 0.533. The molecule has 0 aliphatic rings. The average molecular weight is 247 g/mol. The van der Waals surface area contributed by atoms with Gasteiger partial charge in [0.25, 0.3) is 0 Å². The van der Waals surface area contributed by atoms with Gasteiger partial charge >= 0.3 is 0 Å². The van der Waals surface area contributed by atoms with Gasteiger partial charge in [0, 0.05) is 6.42 Å². The summed E-state index contributed by atoms with van der Waals surface area (Å²) >= 11 is 0. The lowest BCUT2D eigenvalue weighted by molar-refractivity contribution is 0.150. The quantitative estimate of drug-likeness (QED) is 0.759. The lowest BCUT2D eigenvalue weighted by Gasteiger charge is -2.07. The SMILES string of the molecule is CCCC(O)CCCCc1nc2ccccc2o1. The van der Waals surface area contributed by atoms with E-state index < -0.39 is 0 Å². The van der Waals surface area contributed by atoms with Crippen LogP contribution in [0.25, 0.3) is 11.1 Å². The summed E-state index contributed by atoms with van der Waals surface area (Å²) in [6.07, 6.45) is 5.60. The molecule has 1 unspecified atom stereocenters. The van der Waals surface area contributed by atoms with Gasteiger partial charge in [-0.1, -0.05) is 31.9 Å². The fourth-order valence-electron chi connectivity index (χ4n) is 2.16. The Labute approximate surface area is 108 Å². The number of aliphatic hydroxyl groups excluding tert-OH is 1. The van der Waals surface area contributed by atoms with E-state index in [1.807, 2.05) is 24.3 Å². The number of hydrogen-bond donors (Lipinski definition) is 1. The number of benzene rings is 1. The molecule has 0 bridgehead atoms. The Morgan fingerprint density at radius 1 is 1.22 bits per heavy atom. The van der Waals surface area contributed by atoms with Crippen LogP contribution in [0.3, 0.4) is 0 Å². The number of aromatic nitrogens is 1. The third-order valence-electron chi connectivity index (χ3n) is 3.14. The maximum Gasteiger partial charge on any atom is 0.195 e. The van der Waals surface area contributed by atoms with Gasteiger partial charge < -0.3 is 9.52 Å². The lowest BCUT2D eigenvalue weighted by atomic mass is 10.1. The average Bonchev–Trinajstić information content (AvgIpc) is 2.77. The van der Waals surface area contributed by atoms with Crippen LogP contribution < -0.4 is 0 Å². The van der Waals surface area contributed by atoms with Crippen molar-refractivity contribution in [2.45, 2.75) is 51.6 Å². The highest BCUT2D eigenvalue weighted by Gasteiger charge is 2.06. The van der Waals surface area contributed by atoms with E-state index in [0.717, 1.165) is 55.5 Å². The molecule has 2 aromatic rings. The van der Waals surface area contributed by atoms with Crippen LogP contribution in [0.15, 0.2) is 28.7 Å². The van der Waals surface area contributed by atoms with Gasteiger partial charge in [0.15, 0.2) is 11.5 Å². The molecule has 98 valence electrons. The summed E-state index contributed by atoms with van der Waals surface area (Å²) < 4.78 is 5.65. The van der Waals surface area contributed by atoms with Crippen molar-refractivity contribution in [3.8, 4) is 0 Å². The van der Waals surface area contributed by atoms with Crippen LogP contribution in [0, 0.1) is 0 Å². The largest absolute Gasteiger partial charge is 0.441 e. The summed E-state index contributed by atoms with van der Waals surface area (Å²) in [5, 5.41) is 9.62. The number of aliphatic hydroxyl groups is 1. The maximum atomic E-state index is 9.62. The highest BCUT2D eigenvalue weighted by Crippen LogP contribution is 2.16. The first-order chi connectivity index (χ1) is 8.79. The molecule has 1 heterocycles. The Kier molecular flexibility index (Phi) is 4.76. The molecule has 0 saturated carbocycles. The van der Waals surface area contributed by atoms with E-state index in [4.69, 9.17) is 4.42 Å². The molecule has 0 saturated heterocycles. The monoisotopic (exact) mass is 247 g/mol. The Morgan fingerprint density at radius 2 is 2.06 bits per heavy atom. The topological polar surface area (TPSA) is 46.3 Å². The van der Waals surface area contributed by atoms with Crippen LogP contribution in [0.4, 0.5) is 0 Å². The second kappa shape index (κ2) is 6.55. The first-order valence-corrected chi connectivity index (χ1v) is 6.82. The van der Waals surface area contributed by atoms with Gasteiger partial charge in [-0.05, 0) is 31.4 Å². The standard InChI is InChI=1S/C15H21NO2/c1-2-7-12(17)8-3-6-11-15-16-13-9-4-5-10-14(13)18-15/h4-5,9-10,12,17H,2-3,6-8,11H2,1H3. The van der Waals surface area contributed by atoms with Crippen molar-refractivity contribution in [1.29, 1.82) is 0 Å². The molecule has 0 aliphatic carbocycles. The molecular weight excluding hydrogens is 226 g/mol. The van der Waals surface area contributed by atoms with Crippen molar-refractivity contribution in [1.82, 2.24) is 4.98 Å². The summed E-state index contributed by atoms with van der Waals surface area (Å²) in [6.45, 7) is 2.10. The Balaban J connectivity index is 1.76. The summed E-state index contributed by atoms with van der Waals surface area (Å²) in [5.41, 5.74) is 1.79. The van der Waals surface area contributed by atoms with Gasteiger partial charge in [-0.15, -0.1) is 0 Å². The highest BCUT2D eigenvalue weighted by atomic mass is 16.3. The molecule has 0 aliphatic heterocycles. The molecule has 3 heteroatoms. The van der Waals surface area contributed by atoms with Crippen LogP contribution in [0.2, 0.25) is 0 Å². The zero-order valence-electron chi connectivity index (χ0n) is 10.9. The predicted octanol–water partition coefficient (Wildman–Crippen LogP) is 3.70. The number of fused-ring (bicyclic) bond motifs is 1. The van der Waals surface area contributed by atoms with Crippen molar-refractivity contribution in [2.24, 2.45) is 0 Å². The summed E-state index contributed by atoms with van der Waals surface area (Å²) in [4.78, 5) is 4.44. The summed E-state index contributed by atoms with van der Waals surface area (Å²) in [7, 11) is 0. The second-order valence-electron chi connectivity index (χ2n) is 4.76. The molecule has 0 amide bonds. The number of aryl methyl sites for hydroxylation is 1. The third-order valence-corrected chi connectivity index (χ3v) is 3.14. The Bertz CT molecular complexity index is 445. The second-order valence-corrected chi connectivity index (χ2v) is 4.76. The minimum absolute atomic E-state index is 0.140. The van der Waals surface area contributed by atoms with E-state index in [9.17, 15) is 5.11 Å². The lowest BCUT2D eigenvalue weighted by Crippen LogP contribution is -2.05. The minimum Gasteiger partial charge on any atom is -0.441 e. The molecule has 2 rings (SSSR count). The summed E-state index contributed by atoms with van der Waals surface area (Å²) in [5.74, 6) is 0.807. The number of oxazole rings is 1. The summed E-state index contributed by atoms with van der Waals surface area (Å²) in [6, 6.07) is 7.83. The normalized spacial score (nSPS) is 13.0. The van der Waals surface area contributed by atoms with Crippen LogP contribution in [0.5, 0.6) is 0 Å². The van der Waals surface area contributed by atoms with E-state index in [0.29, 0.717) is 0 Å². The van der Waals surface area contributed by atoms with Gasteiger partial charge in [0.05, 0.1) is 6.10 Å². The maximum absolute atomic E-state index is 9.62. The zero-order valence-corrected chi connectivity index (χ0v) is 10.9. The van der Waals surface area contributed by atoms with Gasteiger partial charge in [-0.2, -0.15) is 0 Å². The fourth-order valence-corrected chi connectivity index (χ4v) is 2.16. The first-order valence-electron chi connectivity index (χ1n) is 6.82. The number of hydrogen-bond acceptors (Lipinski definition) is 3. The van der Waals surface area contributed by atoms with E-state index in [-0.39, 0.29) is 6.10 Å². The van der Waals surface area contributed by atoms with E-state index in [1.54, 1.807) is 0 Å². The van der Waals surface area contributed by atoms with Crippen molar-refractivity contribution in [2.75, 3.05) is 0 Å². The smallest absolute Gasteiger partial charge is 0.195 e. The molecule has 1 aromatic heterocycles. The van der Waals surface area contributed by atoms with E-state index in [1.165, 1.54) is 0 Å². The van der Waals surface area contributed by atoms with Crippen LogP contribution in [0.1, 0.15) is 44.9 Å². The molecule has 1 aromatic carbocycles. The zero-order chi connectivity index (χ0) is 12.8. The van der Waals surface area contributed by atoms with Crippen LogP contribution in [-0.2, 0) is 6.42 Å². The van der Waals surface area contributed by atoms with Gasteiger partial charge in [0.1, 0.15) is 5.52 Å². The van der Waals surface area contributed by atoms with Gasteiger partial charge in [0.2, 0.25) is 0 Å². The van der Waals surface area contributed by atoms with Crippen molar-refractivity contribution in [3.63, 3.8) is 0 Å². The Morgan fingerprint density at radius 3 is 2.83 bits per heavy atom. The highest BCUT2D eigenvalue weighted by molar-refractivity contribution is 5.72. The molecule has 3 nitrogen and oxygen atoms in total. The van der Waals surface area contributed by atoms with Crippen molar-refractivity contribution >= 4 is 11.1 Å². The van der Waals surface area contributed by atoms with E-state index in [2.05, 4.69) is 11.9 Å². The molecule has 0 fully saturated rings. The predicted molar refractivity (Wildman–Crippen MR) is 72.5 cm³/mol. The molecule has 1 atom stereocenters. The van der Waals surface area contributed by atoms with Crippen molar-refractivity contribution < 1.29 is 9.52 Å². The first kappa shape index (κ1) is 13.1. The van der Waals surface area contributed by atoms with Crippen LogP contribution >= 0.6 is 0 Å². The molecular formula is C15H21NO2. The Hall–Kier alpha value is -1.35. The molecule has 1 N–H and O–H groups in total. The molecule has 0 spiro atoms. The number of unbranched alkanes of at least 4 members (excludes halogenated alkanes) is 1. The van der Waals surface area contributed by atoms with Crippen molar-refractivity contribution in [3.05, 3.63) is 30.2 Å². The molecule has 18 heavy (non-hydrogen) atoms. The van der Waals surface area contributed by atoms with Gasteiger partial charge in [-0.3, -0.25) is 0 Å². The van der Waals surface area contributed by atoms with Gasteiger partial charge in [-0.25, -0.2) is 4.98 Å².